The SMILES string of the molecule is N#CC1=C(N)OC(C2CC2)=C(n2cnc([N+](=O)[O-])n2)[C@H]1c1ccccc1. The molecule has 0 saturated heterocycles. The molecule has 0 radical (unpaired) electrons. The number of aromatic nitrogens is 3. The number of allylic oxidation sites excluding steroid dienone is 3. The molecule has 9 nitrogen and oxygen atoms in total. The summed E-state index contributed by atoms with van der Waals surface area (Å²) in [5.41, 5.74) is 7.63. The molecule has 26 heavy (non-hydrogen) atoms. The molecule has 1 saturated carbocycles. The van der Waals surface area contributed by atoms with Gasteiger partial charge in [0.05, 0.1) is 5.92 Å². The molecule has 4 rings (SSSR count). The van der Waals surface area contributed by atoms with Gasteiger partial charge in [0.2, 0.25) is 12.2 Å². The first kappa shape index (κ1) is 15.8. The van der Waals surface area contributed by atoms with E-state index in [0.717, 1.165) is 18.4 Å². The Morgan fingerprint density at radius 1 is 1.35 bits per heavy atom. The summed E-state index contributed by atoms with van der Waals surface area (Å²) >= 11 is 0. The van der Waals surface area contributed by atoms with Gasteiger partial charge in [-0.1, -0.05) is 35.3 Å². The number of benzene rings is 1. The lowest BCUT2D eigenvalue weighted by molar-refractivity contribution is -0.394. The van der Waals surface area contributed by atoms with Crippen molar-refractivity contribution in [1.29, 1.82) is 5.26 Å². The highest BCUT2D eigenvalue weighted by Gasteiger charge is 2.42. The average Bonchev–Trinajstić information content (AvgIpc) is 3.38. The molecule has 0 bridgehead atoms. The zero-order valence-corrected chi connectivity index (χ0v) is 13.6. The normalized spacial score (nSPS) is 19.9. The van der Waals surface area contributed by atoms with Gasteiger partial charge in [0.15, 0.2) is 0 Å². The zero-order chi connectivity index (χ0) is 18.3. The molecule has 2 N–H and O–H groups in total. The van der Waals surface area contributed by atoms with Gasteiger partial charge >= 0.3 is 5.95 Å². The van der Waals surface area contributed by atoms with Crippen LogP contribution in [-0.4, -0.2) is 19.7 Å². The third kappa shape index (κ3) is 2.57. The van der Waals surface area contributed by atoms with E-state index < -0.39 is 16.8 Å². The van der Waals surface area contributed by atoms with Crippen LogP contribution in [0.2, 0.25) is 0 Å². The molecule has 2 heterocycles. The Bertz CT molecular complexity index is 981. The van der Waals surface area contributed by atoms with E-state index in [1.807, 2.05) is 30.3 Å². The number of nitriles is 1. The number of hydrogen-bond acceptors (Lipinski definition) is 7. The molecule has 1 fully saturated rings. The number of nitro groups is 1. The molecule has 2 aliphatic rings. The Labute approximate surface area is 148 Å². The zero-order valence-electron chi connectivity index (χ0n) is 13.6. The Hall–Kier alpha value is -3.67. The molecule has 1 aromatic carbocycles. The average molecular weight is 350 g/mol. The van der Waals surface area contributed by atoms with Gasteiger partial charge in [-0.2, -0.15) is 5.26 Å². The maximum Gasteiger partial charge on any atom is 0.491 e. The predicted octanol–water partition coefficient (Wildman–Crippen LogP) is 2.27. The van der Waals surface area contributed by atoms with Crippen LogP contribution in [0, 0.1) is 27.4 Å². The van der Waals surface area contributed by atoms with Crippen molar-refractivity contribution in [2.24, 2.45) is 11.7 Å². The minimum atomic E-state index is -0.662. The van der Waals surface area contributed by atoms with Gasteiger partial charge in [-0.3, -0.25) is 0 Å². The molecule has 0 spiro atoms. The van der Waals surface area contributed by atoms with Gasteiger partial charge in [-0.15, -0.1) is 4.68 Å². The monoisotopic (exact) mass is 350 g/mol. The highest BCUT2D eigenvalue weighted by Crippen LogP contribution is 2.48. The predicted molar refractivity (Wildman–Crippen MR) is 89.7 cm³/mol. The molecule has 130 valence electrons. The van der Waals surface area contributed by atoms with Crippen molar-refractivity contribution in [2.45, 2.75) is 18.8 Å². The lowest BCUT2D eigenvalue weighted by Crippen LogP contribution is -2.24. The molecule has 1 aliphatic carbocycles. The van der Waals surface area contributed by atoms with E-state index in [4.69, 9.17) is 10.5 Å². The molecule has 1 aromatic heterocycles. The van der Waals surface area contributed by atoms with Gasteiger partial charge in [0.25, 0.3) is 0 Å². The molecule has 2 aromatic rings. The topological polar surface area (TPSA) is 133 Å². The van der Waals surface area contributed by atoms with E-state index in [9.17, 15) is 15.4 Å². The minimum absolute atomic E-state index is 0.0571. The second-order valence-corrected chi connectivity index (χ2v) is 6.11. The number of rotatable bonds is 4. The van der Waals surface area contributed by atoms with Gasteiger partial charge in [0.1, 0.15) is 23.1 Å². The maximum atomic E-state index is 11.0. The van der Waals surface area contributed by atoms with Gasteiger partial charge in [0, 0.05) is 11.0 Å². The second-order valence-electron chi connectivity index (χ2n) is 6.11. The van der Waals surface area contributed by atoms with Crippen molar-refractivity contribution in [3.05, 3.63) is 69.6 Å². The van der Waals surface area contributed by atoms with Crippen molar-refractivity contribution in [3.63, 3.8) is 0 Å². The summed E-state index contributed by atoms with van der Waals surface area (Å²) in [5.74, 6) is -0.248. The minimum Gasteiger partial charge on any atom is -0.443 e. The van der Waals surface area contributed by atoms with Crippen molar-refractivity contribution >= 4 is 11.6 Å². The standard InChI is InChI=1S/C17H14N6O3/c18-8-12-13(10-4-2-1-3-5-10)14(15(11-6-7-11)26-16(12)19)22-9-20-17(21-22)23(24)25/h1-5,9,11,13H,6-7,19H2/t13-/m0/s1. The van der Waals surface area contributed by atoms with Crippen LogP contribution in [0.1, 0.15) is 24.3 Å². The number of ether oxygens (including phenoxy) is 1. The van der Waals surface area contributed by atoms with Gasteiger partial charge in [-0.25, -0.2) is 0 Å². The molecular weight excluding hydrogens is 336 g/mol. The summed E-state index contributed by atoms with van der Waals surface area (Å²) in [6.45, 7) is 0. The summed E-state index contributed by atoms with van der Waals surface area (Å²) in [4.78, 5) is 14.1. The van der Waals surface area contributed by atoms with Crippen LogP contribution in [0.4, 0.5) is 5.95 Å². The number of hydrogen-bond donors (Lipinski definition) is 1. The quantitative estimate of drug-likeness (QED) is 0.660. The van der Waals surface area contributed by atoms with E-state index in [1.54, 1.807) is 0 Å². The van der Waals surface area contributed by atoms with Crippen LogP contribution in [0.5, 0.6) is 0 Å². The lowest BCUT2D eigenvalue weighted by atomic mass is 9.86. The van der Waals surface area contributed by atoms with Crippen molar-refractivity contribution in [1.82, 2.24) is 14.8 Å². The van der Waals surface area contributed by atoms with E-state index in [1.165, 1.54) is 11.0 Å². The molecule has 1 atom stereocenters. The third-order valence-corrected chi connectivity index (χ3v) is 4.39. The van der Waals surface area contributed by atoms with Crippen molar-refractivity contribution in [2.75, 3.05) is 0 Å². The van der Waals surface area contributed by atoms with Crippen LogP contribution in [-0.2, 0) is 4.74 Å². The lowest BCUT2D eigenvalue weighted by Gasteiger charge is -2.27. The van der Waals surface area contributed by atoms with Crippen molar-refractivity contribution < 1.29 is 9.66 Å². The summed E-state index contributed by atoms with van der Waals surface area (Å²) in [6.07, 6.45) is 3.12. The largest absolute Gasteiger partial charge is 0.491 e. The summed E-state index contributed by atoms with van der Waals surface area (Å²) in [6, 6.07) is 11.4. The molecule has 1 aliphatic heterocycles. The first-order valence-corrected chi connectivity index (χ1v) is 8.03. The first-order valence-electron chi connectivity index (χ1n) is 8.03. The number of nitrogens with zero attached hydrogens (tertiary/aromatic N) is 5. The summed E-state index contributed by atoms with van der Waals surface area (Å²) < 4.78 is 7.08. The number of nitrogens with two attached hydrogens (primary N) is 1. The highest BCUT2D eigenvalue weighted by atomic mass is 16.6. The van der Waals surface area contributed by atoms with Gasteiger partial charge < -0.3 is 20.6 Å². The maximum absolute atomic E-state index is 11.0. The molecule has 0 unspecified atom stereocenters. The summed E-state index contributed by atoms with van der Waals surface area (Å²) in [7, 11) is 0. The Morgan fingerprint density at radius 2 is 2.08 bits per heavy atom. The fraction of sp³-hybridized carbons (Fsp3) is 0.235. The third-order valence-electron chi connectivity index (χ3n) is 4.39. The fourth-order valence-corrected chi connectivity index (χ4v) is 3.07. The molecule has 0 amide bonds. The van der Waals surface area contributed by atoms with E-state index in [-0.39, 0.29) is 17.4 Å². The second kappa shape index (κ2) is 6.00. The Kier molecular flexibility index (Phi) is 3.65. The Morgan fingerprint density at radius 3 is 2.65 bits per heavy atom. The van der Waals surface area contributed by atoms with Crippen LogP contribution in [0.3, 0.4) is 0 Å². The molecule has 9 heteroatoms. The van der Waals surface area contributed by atoms with Crippen LogP contribution in [0.15, 0.2) is 53.9 Å². The van der Waals surface area contributed by atoms with Crippen LogP contribution < -0.4 is 5.73 Å². The van der Waals surface area contributed by atoms with E-state index in [2.05, 4.69) is 16.2 Å². The van der Waals surface area contributed by atoms with Crippen LogP contribution >= 0.6 is 0 Å². The highest BCUT2D eigenvalue weighted by molar-refractivity contribution is 5.67. The van der Waals surface area contributed by atoms with E-state index >= 15 is 0 Å². The summed E-state index contributed by atoms with van der Waals surface area (Å²) in [5, 5.41) is 24.6. The van der Waals surface area contributed by atoms with Crippen LogP contribution in [0.25, 0.3) is 5.70 Å². The van der Waals surface area contributed by atoms with Crippen molar-refractivity contribution in [3.8, 4) is 6.07 Å². The fourth-order valence-electron chi connectivity index (χ4n) is 3.07. The molecular formula is C17H14N6O3. The smallest absolute Gasteiger partial charge is 0.443 e. The first-order chi connectivity index (χ1) is 12.6. The Balaban J connectivity index is 1.93. The van der Waals surface area contributed by atoms with Gasteiger partial charge in [-0.05, 0) is 23.3 Å². The van der Waals surface area contributed by atoms with E-state index in [0.29, 0.717) is 11.5 Å².